The molecule has 17 heavy (non-hydrogen) atoms. The van der Waals surface area contributed by atoms with Crippen LogP contribution in [0.4, 0.5) is 5.69 Å². The van der Waals surface area contributed by atoms with Crippen LogP contribution in [-0.4, -0.2) is 24.2 Å². The van der Waals surface area contributed by atoms with Crippen LogP contribution in [0.1, 0.15) is 0 Å². The molecule has 0 fully saturated rings. The number of anilines is 1. The largest absolute Gasteiger partial charge is 0.362 e. The molecule has 0 aromatic heterocycles. The van der Waals surface area contributed by atoms with Gasteiger partial charge in [-0.3, -0.25) is 5.43 Å². The van der Waals surface area contributed by atoms with E-state index in [-0.39, 0.29) is 5.71 Å². The Hall–Kier alpha value is -1.32. The highest BCUT2D eigenvalue weighted by molar-refractivity contribution is 6.42. The molecule has 0 heterocycles. The zero-order valence-corrected chi connectivity index (χ0v) is 10.3. The molecule has 5 nitrogen and oxygen atoms in total. The van der Waals surface area contributed by atoms with Crippen molar-refractivity contribution in [3.63, 3.8) is 0 Å². The Morgan fingerprint density at radius 1 is 1.53 bits per heavy atom. The lowest BCUT2D eigenvalue weighted by Gasteiger charge is -2.06. The van der Waals surface area contributed by atoms with Crippen molar-refractivity contribution in [3.8, 4) is 6.07 Å². The number of halogens is 2. The molecule has 0 spiro atoms. The number of hydrazone groups is 1. The van der Waals surface area contributed by atoms with Gasteiger partial charge in [0.05, 0.1) is 15.7 Å². The Morgan fingerprint density at radius 3 is 2.76 bits per heavy atom. The first-order chi connectivity index (χ1) is 8.08. The van der Waals surface area contributed by atoms with E-state index in [1.165, 1.54) is 7.11 Å². The van der Waals surface area contributed by atoms with E-state index in [0.29, 0.717) is 15.7 Å². The quantitative estimate of drug-likeness (QED) is 0.501. The molecule has 0 aliphatic carbocycles. The number of methoxy groups -OCH3 is 1. The van der Waals surface area contributed by atoms with Gasteiger partial charge in [-0.25, -0.2) is 0 Å². The Bertz CT molecular complexity index is 471. The number of hydrogen-bond donors (Lipinski definition) is 2. The summed E-state index contributed by atoms with van der Waals surface area (Å²) in [5, 5.41) is 22.4. The van der Waals surface area contributed by atoms with Gasteiger partial charge in [0, 0.05) is 7.11 Å². The normalized spacial score (nSPS) is 13.0. The summed E-state index contributed by atoms with van der Waals surface area (Å²) >= 11 is 11.5. The number of nitriles is 1. The summed E-state index contributed by atoms with van der Waals surface area (Å²) in [4.78, 5) is 0. The summed E-state index contributed by atoms with van der Waals surface area (Å²) in [6, 6.07) is 6.46. The number of nitrogens with one attached hydrogen (secondary N) is 1. The van der Waals surface area contributed by atoms with E-state index in [4.69, 9.17) is 28.5 Å². The van der Waals surface area contributed by atoms with Crippen molar-refractivity contribution in [2.45, 2.75) is 6.29 Å². The SMILES string of the molecule is CO[C@H](O)/C(C#N)=N\Nc1ccc(Cl)c(Cl)c1. The number of ether oxygens (including phenoxy) is 1. The van der Waals surface area contributed by atoms with Crippen LogP contribution in [0.5, 0.6) is 0 Å². The molecule has 1 atom stereocenters. The maximum atomic E-state index is 9.23. The molecule has 7 heteroatoms. The van der Waals surface area contributed by atoms with Crippen molar-refractivity contribution >= 4 is 34.6 Å². The molecule has 0 radical (unpaired) electrons. The zero-order chi connectivity index (χ0) is 12.8. The van der Waals surface area contributed by atoms with E-state index >= 15 is 0 Å². The molecular weight excluding hydrogens is 265 g/mol. The van der Waals surface area contributed by atoms with Gasteiger partial charge in [-0.05, 0) is 18.2 Å². The first kappa shape index (κ1) is 13.7. The summed E-state index contributed by atoms with van der Waals surface area (Å²) in [5.41, 5.74) is 2.90. The van der Waals surface area contributed by atoms with Crippen LogP contribution in [0.2, 0.25) is 10.0 Å². The van der Waals surface area contributed by atoms with E-state index in [1.54, 1.807) is 24.3 Å². The summed E-state index contributed by atoms with van der Waals surface area (Å²) < 4.78 is 4.55. The van der Waals surface area contributed by atoms with E-state index < -0.39 is 6.29 Å². The Balaban J connectivity index is 2.81. The average molecular weight is 274 g/mol. The van der Waals surface area contributed by atoms with Gasteiger partial charge in [0.2, 0.25) is 6.29 Å². The molecular formula is C10H9Cl2N3O2. The number of benzene rings is 1. The Morgan fingerprint density at radius 2 is 2.24 bits per heavy atom. The number of rotatable bonds is 4. The second-order valence-corrected chi connectivity index (χ2v) is 3.75. The lowest BCUT2D eigenvalue weighted by atomic mass is 10.3. The first-order valence-corrected chi connectivity index (χ1v) is 5.23. The summed E-state index contributed by atoms with van der Waals surface area (Å²) in [6.07, 6.45) is -1.37. The molecule has 2 N–H and O–H groups in total. The van der Waals surface area contributed by atoms with Crippen LogP contribution >= 0.6 is 23.2 Å². The second kappa shape index (κ2) is 6.42. The van der Waals surface area contributed by atoms with E-state index in [2.05, 4.69) is 15.3 Å². The number of hydrogen-bond acceptors (Lipinski definition) is 5. The molecule has 0 bridgehead atoms. The minimum Gasteiger partial charge on any atom is -0.362 e. The first-order valence-electron chi connectivity index (χ1n) is 4.48. The molecule has 0 aliphatic heterocycles. The van der Waals surface area contributed by atoms with E-state index in [1.807, 2.05) is 0 Å². The van der Waals surface area contributed by atoms with Crippen LogP contribution < -0.4 is 5.43 Å². The smallest absolute Gasteiger partial charge is 0.210 e. The third kappa shape index (κ3) is 3.88. The van der Waals surface area contributed by atoms with Crippen molar-refractivity contribution in [1.29, 1.82) is 5.26 Å². The molecule has 1 rings (SSSR count). The van der Waals surface area contributed by atoms with Gasteiger partial charge < -0.3 is 9.84 Å². The highest BCUT2D eigenvalue weighted by atomic mass is 35.5. The molecule has 0 amide bonds. The minimum absolute atomic E-state index is 0.196. The topological polar surface area (TPSA) is 77.6 Å². The summed E-state index contributed by atoms with van der Waals surface area (Å²) in [5.74, 6) is 0. The fraction of sp³-hybridized carbons (Fsp3) is 0.200. The van der Waals surface area contributed by atoms with Crippen LogP contribution in [-0.2, 0) is 4.74 Å². The Kier molecular flexibility index (Phi) is 5.19. The molecule has 0 aliphatic rings. The van der Waals surface area contributed by atoms with Gasteiger partial charge in [-0.1, -0.05) is 23.2 Å². The highest BCUT2D eigenvalue weighted by Crippen LogP contribution is 2.24. The van der Waals surface area contributed by atoms with E-state index in [9.17, 15) is 5.11 Å². The second-order valence-electron chi connectivity index (χ2n) is 2.94. The van der Waals surface area contributed by atoms with Crippen LogP contribution in [0.3, 0.4) is 0 Å². The molecule has 0 unspecified atom stereocenters. The Labute approximate surface area is 108 Å². The van der Waals surface area contributed by atoms with Crippen LogP contribution in [0.25, 0.3) is 0 Å². The molecule has 1 aromatic carbocycles. The van der Waals surface area contributed by atoms with Crippen molar-refractivity contribution in [1.82, 2.24) is 0 Å². The number of nitrogens with zero attached hydrogens (tertiary/aromatic N) is 2. The third-order valence-electron chi connectivity index (χ3n) is 1.80. The zero-order valence-electron chi connectivity index (χ0n) is 8.82. The number of aliphatic hydroxyl groups excluding tert-OH is 1. The van der Waals surface area contributed by atoms with Crippen LogP contribution in [0.15, 0.2) is 23.3 Å². The molecule has 1 aromatic rings. The molecule has 0 saturated heterocycles. The highest BCUT2D eigenvalue weighted by Gasteiger charge is 2.10. The van der Waals surface area contributed by atoms with Crippen molar-refractivity contribution in [3.05, 3.63) is 28.2 Å². The average Bonchev–Trinajstić information content (AvgIpc) is 2.33. The maximum absolute atomic E-state index is 9.23. The number of aliphatic hydroxyl groups is 1. The van der Waals surface area contributed by atoms with Crippen molar-refractivity contribution in [2.75, 3.05) is 12.5 Å². The maximum Gasteiger partial charge on any atom is 0.210 e. The van der Waals surface area contributed by atoms with Gasteiger partial charge in [0.1, 0.15) is 6.07 Å². The third-order valence-corrected chi connectivity index (χ3v) is 2.54. The van der Waals surface area contributed by atoms with Gasteiger partial charge in [-0.2, -0.15) is 10.4 Å². The van der Waals surface area contributed by atoms with E-state index in [0.717, 1.165) is 0 Å². The van der Waals surface area contributed by atoms with Crippen molar-refractivity contribution < 1.29 is 9.84 Å². The monoisotopic (exact) mass is 273 g/mol. The fourth-order valence-electron chi connectivity index (χ4n) is 0.938. The standard InChI is InChI=1S/C10H9Cl2N3O2/c1-17-10(16)9(5-13)15-14-6-2-3-7(11)8(12)4-6/h2-4,10,14,16H,1H3/b15-9-/t10-/m0/s1. The lowest BCUT2D eigenvalue weighted by molar-refractivity contribution is -0.0189. The predicted molar refractivity (Wildman–Crippen MR) is 66.1 cm³/mol. The van der Waals surface area contributed by atoms with Gasteiger partial charge in [-0.15, -0.1) is 0 Å². The molecule has 0 saturated carbocycles. The lowest BCUT2D eigenvalue weighted by Crippen LogP contribution is -2.21. The van der Waals surface area contributed by atoms with Gasteiger partial charge in [0.25, 0.3) is 0 Å². The predicted octanol–water partition coefficient (Wildman–Crippen LogP) is 2.25. The van der Waals surface area contributed by atoms with Gasteiger partial charge >= 0.3 is 0 Å². The summed E-state index contributed by atoms with van der Waals surface area (Å²) in [7, 11) is 1.26. The molecule has 90 valence electrons. The summed E-state index contributed by atoms with van der Waals surface area (Å²) in [6.45, 7) is 0. The van der Waals surface area contributed by atoms with Gasteiger partial charge in [0.15, 0.2) is 5.71 Å². The van der Waals surface area contributed by atoms with Crippen molar-refractivity contribution in [2.24, 2.45) is 5.10 Å². The minimum atomic E-state index is -1.37. The van der Waals surface area contributed by atoms with Crippen LogP contribution in [0, 0.1) is 11.3 Å². The fourth-order valence-corrected chi connectivity index (χ4v) is 1.24.